The summed E-state index contributed by atoms with van der Waals surface area (Å²) in [4.78, 5) is 14.6. The summed E-state index contributed by atoms with van der Waals surface area (Å²) in [6.45, 7) is 5.99. The lowest BCUT2D eigenvalue weighted by Crippen LogP contribution is -2.37. The van der Waals surface area contributed by atoms with Crippen LogP contribution in [-0.2, 0) is 6.42 Å². The average Bonchev–Trinajstić information content (AvgIpc) is 2.61. The van der Waals surface area contributed by atoms with E-state index in [9.17, 15) is 4.79 Å². The third-order valence-electron chi connectivity index (χ3n) is 5.03. The summed E-state index contributed by atoms with van der Waals surface area (Å²) in [6.07, 6.45) is 2.98. The van der Waals surface area contributed by atoms with E-state index in [1.165, 1.54) is 0 Å². The molecule has 1 saturated heterocycles. The monoisotopic (exact) mass is 375 g/mol. The van der Waals surface area contributed by atoms with Crippen LogP contribution in [0.25, 0.3) is 11.1 Å². The predicted molar refractivity (Wildman–Crippen MR) is 106 cm³/mol. The fourth-order valence-electron chi connectivity index (χ4n) is 3.31. The van der Waals surface area contributed by atoms with Crippen molar-refractivity contribution in [3.63, 3.8) is 0 Å². The Labute approximate surface area is 159 Å². The van der Waals surface area contributed by atoms with Gasteiger partial charge in [0.2, 0.25) is 0 Å². The molecule has 0 atom stereocenters. The van der Waals surface area contributed by atoms with Crippen molar-refractivity contribution in [2.24, 2.45) is 5.92 Å². The van der Waals surface area contributed by atoms with Crippen LogP contribution in [0.15, 0.2) is 36.4 Å². The van der Waals surface area contributed by atoms with Crippen molar-refractivity contribution in [3.05, 3.63) is 57.6 Å². The molecule has 1 aliphatic rings. The van der Waals surface area contributed by atoms with Gasteiger partial charge in [-0.2, -0.15) is 0 Å². The van der Waals surface area contributed by atoms with Gasteiger partial charge in [-0.1, -0.05) is 49.2 Å². The van der Waals surface area contributed by atoms with E-state index in [2.05, 4.69) is 6.92 Å². The molecule has 2 aromatic carbocycles. The zero-order valence-corrected chi connectivity index (χ0v) is 16.2. The molecule has 2 nitrogen and oxygen atoms in total. The smallest absolute Gasteiger partial charge is 0.253 e. The third-order valence-corrected chi connectivity index (χ3v) is 5.71. The van der Waals surface area contributed by atoms with Gasteiger partial charge < -0.3 is 4.90 Å². The standard InChI is InChI=1S/C21H23Cl2NO/c1-3-18-19(22)12-17(13-20(18)23)15-4-6-16(7-5-15)21(25)24-10-8-14(2)9-11-24/h4-7,12-14H,3,8-11H2,1-2H3. The highest BCUT2D eigenvalue weighted by Crippen LogP contribution is 2.32. The van der Waals surface area contributed by atoms with Gasteiger partial charge in [0.25, 0.3) is 5.91 Å². The maximum Gasteiger partial charge on any atom is 0.253 e. The van der Waals surface area contributed by atoms with Crippen molar-refractivity contribution in [3.8, 4) is 11.1 Å². The molecule has 1 amide bonds. The zero-order valence-electron chi connectivity index (χ0n) is 14.7. The summed E-state index contributed by atoms with van der Waals surface area (Å²) in [5, 5.41) is 1.38. The Morgan fingerprint density at radius 2 is 1.60 bits per heavy atom. The molecule has 0 unspecified atom stereocenters. The van der Waals surface area contributed by atoms with Gasteiger partial charge in [0.15, 0.2) is 0 Å². The Balaban J connectivity index is 1.79. The summed E-state index contributed by atoms with van der Waals surface area (Å²) in [5.74, 6) is 0.836. The number of piperidine rings is 1. The number of hydrogen-bond donors (Lipinski definition) is 0. The van der Waals surface area contributed by atoms with Crippen LogP contribution < -0.4 is 0 Å². The molecule has 0 aliphatic carbocycles. The Hall–Kier alpha value is -1.51. The predicted octanol–water partition coefficient (Wildman–Crippen LogP) is 6.09. The average molecular weight is 376 g/mol. The normalized spacial score (nSPS) is 15.4. The molecule has 25 heavy (non-hydrogen) atoms. The number of rotatable bonds is 3. The first-order chi connectivity index (χ1) is 12.0. The molecular formula is C21H23Cl2NO. The molecule has 0 spiro atoms. The van der Waals surface area contributed by atoms with Gasteiger partial charge in [-0.25, -0.2) is 0 Å². The number of carbonyl (C=O) groups excluding carboxylic acids is 1. The molecular weight excluding hydrogens is 353 g/mol. The van der Waals surface area contributed by atoms with Gasteiger partial charge in [-0.15, -0.1) is 0 Å². The molecule has 0 radical (unpaired) electrons. The maximum absolute atomic E-state index is 12.6. The Kier molecular flexibility index (Phi) is 5.71. The van der Waals surface area contributed by atoms with Crippen LogP contribution in [-0.4, -0.2) is 23.9 Å². The fourth-order valence-corrected chi connectivity index (χ4v) is 4.06. The van der Waals surface area contributed by atoms with Crippen LogP contribution in [0.5, 0.6) is 0 Å². The molecule has 1 fully saturated rings. The quantitative estimate of drug-likeness (QED) is 0.634. The minimum absolute atomic E-state index is 0.121. The molecule has 0 bridgehead atoms. The van der Waals surface area contributed by atoms with E-state index < -0.39 is 0 Å². The third kappa shape index (κ3) is 4.02. The lowest BCUT2D eigenvalue weighted by atomic mass is 9.98. The van der Waals surface area contributed by atoms with Crippen molar-refractivity contribution >= 4 is 29.1 Å². The van der Waals surface area contributed by atoms with Crippen LogP contribution in [0.1, 0.15) is 42.6 Å². The molecule has 0 saturated carbocycles. The SMILES string of the molecule is CCc1c(Cl)cc(-c2ccc(C(=O)N3CCC(C)CC3)cc2)cc1Cl. The first-order valence-corrected chi connectivity index (χ1v) is 9.62. The number of benzene rings is 2. The largest absolute Gasteiger partial charge is 0.339 e. The second-order valence-electron chi connectivity index (χ2n) is 6.82. The summed E-state index contributed by atoms with van der Waals surface area (Å²) in [5.41, 5.74) is 3.69. The van der Waals surface area contributed by atoms with Crippen molar-refractivity contribution < 1.29 is 4.79 Å². The van der Waals surface area contributed by atoms with E-state index in [0.29, 0.717) is 16.0 Å². The number of amides is 1. The molecule has 1 aliphatic heterocycles. The molecule has 0 aromatic heterocycles. The minimum atomic E-state index is 0.121. The molecule has 0 N–H and O–H groups in total. The van der Waals surface area contributed by atoms with Crippen LogP contribution in [0.4, 0.5) is 0 Å². The highest BCUT2D eigenvalue weighted by Gasteiger charge is 2.21. The van der Waals surface area contributed by atoms with Crippen LogP contribution in [0.3, 0.4) is 0 Å². The van der Waals surface area contributed by atoms with Crippen molar-refractivity contribution in [2.75, 3.05) is 13.1 Å². The van der Waals surface area contributed by atoms with Gasteiger partial charge in [0.1, 0.15) is 0 Å². The second-order valence-corrected chi connectivity index (χ2v) is 7.64. The first kappa shape index (κ1) is 18.3. The van der Waals surface area contributed by atoms with Gasteiger partial charge in [0.05, 0.1) is 0 Å². The van der Waals surface area contributed by atoms with Gasteiger partial charge in [-0.3, -0.25) is 4.79 Å². The highest BCUT2D eigenvalue weighted by atomic mass is 35.5. The van der Waals surface area contributed by atoms with E-state index in [-0.39, 0.29) is 5.91 Å². The van der Waals surface area contributed by atoms with Gasteiger partial charge in [-0.05, 0) is 66.1 Å². The molecule has 1 heterocycles. The van der Waals surface area contributed by atoms with Crippen LogP contribution in [0.2, 0.25) is 10.0 Å². The Bertz CT molecular complexity index is 739. The van der Waals surface area contributed by atoms with E-state index in [4.69, 9.17) is 23.2 Å². The van der Waals surface area contributed by atoms with E-state index >= 15 is 0 Å². The zero-order chi connectivity index (χ0) is 18.0. The Morgan fingerprint density at radius 1 is 1.04 bits per heavy atom. The van der Waals surface area contributed by atoms with Crippen molar-refractivity contribution in [2.45, 2.75) is 33.1 Å². The van der Waals surface area contributed by atoms with E-state index in [0.717, 1.165) is 54.6 Å². The summed E-state index contributed by atoms with van der Waals surface area (Å²) in [7, 11) is 0. The number of halogens is 2. The van der Waals surface area contributed by atoms with Crippen LogP contribution in [0, 0.1) is 5.92 Å². The van der Waals surface area contributed by atoms with E-state index in [1.54, 1.807) is 0 Å². The van der Waals surface area contributed by atoms with Crippen molar-refractivity contribution in [1.29, 1.82) is 0 Å². The number of carbonyl (C=O) groups is 1. The van der Waals surface area contributed by atoms with Crippen LogP contribution >= 0.6 is 23.2 Å². The second kappa shape index (κ2) is 7.80. The summed E-state index contributed by atoms with van der Waals surface area (Å²) in [6, 6.07) is 11.6. The minimum Gasteiger partial charge on any atom is -0.339 e. The highest BCUT2D eigenvalue weighted by molar-refractivity contribution is 6.36. The number of hydrogen-bond acceptors (Lipinski definition) is 1. The number of likely N-dealkylation sites (tertiary alicyclic amines) is 1. The fraction of sp³-hybridized carbons (Fsp3) is 0.381. The van der Waals surface area contributed by atoms with Gasteiger partial charge >= 0.3 is 0 Å². The molecule has 2 aromatic rings. The van der Waals surface area contributed by atoms with Gasteiger partial charge in [0, 0.05) is 28.7 Å². The summed E-state index contributed by atoms with van der Waals surface area (Å²) < 4.78 is 0. The van der Waals surface area contributed by atoms with E-state index in [1.807, 2.05) is 48.2 Å². The molecule has 132 valence electrons. The summed E-state index contributed by atoms with van der Waals surface area (Å²) >= 11 is 12.7. The maximum atomic E-state index is 12.6. The molecule has 3 rings (SSSR count). The lowest BCUT2D eigenvalue weighted by Gasteiger charge is -2.30. The first-order valence-electron chi connectivity index (χ1n) is 8.87. The van der Waals surface area contributed by atoms with Crippen molar-refractivity contribution in [1.82, 2.24) is 4.90 Å². The lowest BCUT2D eigenvalue weighted by molar-refractivity contribution is 0.0697. The topological polar surface area (TPSA) is 20.3 Å². The Morgan fingerprint density at radius 3 is 2.12 bits per heavy atom. The number of nitrogens with zero attached hydrogens (tertiary/aromatic N) is 1. The molecule has 4 heteroatoms.